The van der Waals surface area contributed by atoms with Crippen molar-refractivity contribution in [2.24, 2.45) is 0 Å². The molecule has 0 spiro atoms. The van der Waals surface area contributed by atoms with Crippen LogP contribution in [0.1, 0.15) is 6.92 Å². The van der Waals surface area contributed by atoms with Crippen molar-refractivity contribution in [2.45, 2.75) is 19.1 Å². The third kappa shape index (κ3) is 2.87. The largest absolute Gasteiger partial charge is 0.406 e. The van der Waals surface area contributed by atoms with Crippen LogP contribution in [0.2, 0.25) is 0 Å². The topological polar surface area (TPSA) is 32.3 Å². The molecule has 1 amide bonds. The van der Waals surface area contributed by atoms with Crippen molar-refractivity contribution in [3.63, 3.8) is 0 Å². The Bertz CT molecular complexity index is 204. The minimum atomic E-state index is -4.30. The molecule has 3 nitrogen and oxygen atoms in total. The normalized spacial score (nSPS) is 25.1. The van der Waals surface area contributed by atoms with Crippen LogP contribution in [0.5, 0.6) is 0 Å². The summed E-state index contributed by atoms with van der Waals surface area (Å²) in [7, 11) is 0. The number of carbonyl (C=O) groups excluding carboxylic acids is 1. The molecule has 13 heavy (non-hydrogen) atoms. The number of carbonyl (C=O) groups is 1. The first-order valence-corrected chi connectivity index (χ1v) is 3.99. The van der Waals surface area contributed by atoms with Crippen molar-refractivity contribution in [3.05, 3.63) is 0 Å². The zero-order valence-corrected chi connectivity index (χ0v) is 7.19. The molecule has 0 aliphatic carbocycles. The smallest absolute Gasteiger partial charge is 0.331 e. The molecule has 1 atom stereocenters. The summed E-state index contributed by atoms with van der Waals surface area (Å²) in [4.78, 5) is 12.0. The highest BCUT2D eigenvalue weighted by Crippen LogP contribution is 2.17. The maximum atomic E-state index is 11.9. The van der Waals surface area contributed by atoms with E-state index in [2.05, 4.69) is 5.32 Å². The lowest BCUT2D eigenvalue weighted by molar-refractivity contribution is -0.164. The van der Waals surface area contributed by atoms with Crippen molar-refractivity contribution in [2.75, 3.05) is 19.6 Å². The van der Waals surface area contributed by atoms with E-state index < -0.39 is 24.7 Å². The van der Waals surface area contributed by atoms with Crippen LogP contribution in [-0.2, 0) is 4.79 Å². The molecule has 76 valence electrons. The maximum absolute atomic E-state index is 11.9. The lowest BCUT2D eigenvalue weighted by atomic mass is 10.2. The van der Waals surface area contributed by atoms with Crippen LogP contribution in [0.4, 0.5) is 13.2 Å². The highest BCUT2D eigenvalue weighted by molar-refractivity contribution is 5.82. The molecule has 1 N–H and O–H groups in total. The summed E-state index contributed by atoms with van der Waals surface area (Å²) < 4.78 is 35.8. The van der Waals surface area contributed by atoms with E-state index in [0.29, 0.717) is 6.54 Å². The van der Waals surface area contributed by atoms with Gasteiger partial charge in [-0.15, -0.1) is 0 Å². The number of hydrogen-bond acceptors (Lipinski definition) is 2. The monoisotopic (exact) mass is 196 g/mol. The van der Waals surface area contributed by atoms with E-state index in [9.17, 15) is 18.0 Å². The fourth-order valence-electron chi connectivity index (χ4n) is 1.26. The molecule has 0 bridgehead atoms. The average molecular weight is 196 g/mol. The number of nitrogens with zero attached hydrogens (tertiary/aromatic N) is 1. The molecule has 0 aromatic carbocycles. The van der Waals surface area contributed by atoms with Gasteiger partial charge in [-0.1, -0.05) is 0 Å². The number of amides is 1. The molecule has 0 saturated carbocycles. The van der Waals surface area contributed by atoms with E-state index in [0.717, 1.165) is 4.90 Å². The summed E-state index contributed by atoms with van der Waals surface area (Å²) in [5.74, 6) is -0.483. The van der Waals surface area contributed by atoms with Gasteiger partial charge < -0.3 is 10.2 Å². The fraction of sp³-hybridized carbons (Fsp3) is 0.857. The fourth-order valence-corrected chi connectivity index (χ4v) is 1.26. The van der Waals surface area contributed by atoms with Crippen LogP contribution >= 0.6 is 0 Å². The van der Waals surface area contributed by atoms with Crippen LogP contribution in [0.3, 0.4) is 0 Å². The van der Waals surface area contributed by atoms with Crippen molar-refractivity contribution < 1.29 is 18.0 Å². The van der Waals surface area contributed by atoms with Crippen molar-refractivity contribution in [1.82, 2.24) is 10.2 Å². The standard InChI is InChI=1S/C7H11F3N2O/c1-5-6(13)12(3-2-11-5)4-7(8,9)10/h5,11H,2-4H2,1H3. The van der Waals surface area contributed by atoms with Gasteiger partial charge in [0, 0.05) is 13.1 Å². The van der Waals surface area contributed by atoms with E-state index in [4.69, 9.17) is 0 Å². The lowest BCUT2D eigenvalue weighted by Gasteiger charge is -2.31. The van der Waals surface area contributed by atoms with Crippen LogP contribution in [0, 0.1) is 0 Å². The molecule has 1 unspecified atom stereocenters. The number of nitrogens with one attached hydrogen (secondary N) is 1. The number of rotatable bonds is 1. The summed E-state index contributed by atoms with van der Waals surface area (Å²) in [6.07, 6.45) is -4.30. The molecule has 1 rings (SSSR count). The SMILES string of the molecule is CC1NCCN(CC(F)(F)F)C1=O. The predicted molar refractivity (Wildman–Crippen MR) is 40.1 cm³/mol. The molecule has 0 radical (unpaired) electrons. The van der Waals surface area contributed by atoms with E-state index >= 15 is 0 Å². The van der Waals surface area contributed by atoms with E-state index in [-0.39, 0.29) is 6.54 Å². The summed E-state index contributed by atoms with van der Waals surface area (Å²) in [6, 6.07) is -0.504. The molecule has 1 heterocycles. The van der Waals surface area contributed by atoms with Crippen LogP contribution in [-0.4, -0.2) is 42.7 Å². The van der Waals surface area contributed by atoms with Crippen LogP contribution in [0.25, 0.3) is 0 Å². The van der Waals surface area contributed by atoms with Gasteiger partial charge >= 0.3 is 6.18 Å². The molecular weight excluding hydrogens is 185 g/mol. The van der Waals surface area contributed by atoms with Gasteiger partial charge in [-0.05, 0) is 6.92 Å². The minimum Gasteiger partial charge on any atom is -0.331 e. The van der Waals surface area contributed by atoms with Gasteiger partial charge in [0.25, 0.3) is 0 Å². The van der Waals surface area contributed by atoms with Gasteiger partial charge in [0.1, 0.15) is 6.54 Å². The Hall–Kier alpha value is -0.780. The van der Waals surface area contributed by atoms with E-state index in [1.54, 1.807) is 6.92 Å². The lowest BCUT2D eigenvalue weighted by Crippen LogP contribution is -2.55. The van der Waals surface area contributed by atoms with Crippen LogP contribution < -0.4 is 5.32 Å². The second kappa shape index (κ2) is 3.53. The van der Waals surface area contributed by atoms with Gasteiger partial charge in [-0.2, -0.15) is 13.2 Å². The van der Waals surface area contributed by atoms with Gasteiger partial charge in [0.2, 0.25) is 5.91 Å². The number of alkyl halides is 3. The van der Waals surface area contributed by atoms with Gasteiger partial charge in [0.15, 0.2) is 0 Å². The molecule has 6 heteroatoms. The summed E-state index contributed by atoms with van der Waals surface area (Å²) in [5, 5.41) is 2.79. The Morgan fingerprint density at radius 3 is 2.77 bits per heavy atom. The maximum Gasteiger partial charge on any atom is 0.406 e. The molecule has 0 aromatic heterocycles. The highest BCUT2D eigenvalue weighted by Gasteiger charge is 2.35. The molecular formula is C7H11F3N2O. The van der Waals surface area contributed by atoms with Gasteiger partial charge in [0.05, 0.1) is 6.04 Å². The minimum absolute atomic E-state index is 0.128. The average Bonchev–Trinajstić information content (AvgIpc) is 1.96. The molecule has 1 fully saturated rings. The summed E-state index contributed by atoms with van der Waals surface area (Å²) in [6.45, 7) is 0.967. The molecule has 0 aromatic rings. The van der Waals surface area contributed by atoms with Gasteiger partial charge in [-0.25, -0.2) is 0 Å². The Morgan fingerprint density at radius 1 is 1.62 bits per heavy atom. The van der Waals surface area contributed by atoms with Crippen molar-refractivity contribution >= 4 is 5.91 Å². The van der Waals surface area contributed by atoms with E-state index in [1.165, 1.54) is 0 Å². The van der Waals surface area contributed by atoms with Crippen molar-refractivity contribution in [1.29, 1.82) is 0 Å². The van der Waals surface area contributed by atoms with E-state index in [1.807, 2.05) is 0 Å². The Balaban J connectivity index is 2.54. The second-order valence-corrected chi connectivity index (χ2v) is 3.05. The third-order valence-corrected chi connectivity index (χ3v) is 1.88. The number of halogens is 3. The second-order valence-electron chi connectivity index (χ2n) is 3.05. The Morgan fingerprint density at radius 2 is 2.23 bits per heavy atom. The molecule has 1 saturated heterocycles. The highest BCUT2D eigenvalue weighted by atomic mass is 19.4. The third-order valence-electron chi connectivity index (χ3n) is 1.88. The predicted octanol–water partition coefficient (Wildman–Crippen LogP) is 0.369. The molecule has 1 aliphatic heterocycles. The first kappa shape index (κ1) is 10.3. The summed E-state index contributed by atoms with van der Waals surface area (Å²) >= 11 is 0. The first-order chi connectivity index (χ1) is 5.90. The quantitative estimate of drug-likeness (QED) is 0.657. The van der Waals surface area contributed by atoms with Crippen molar-refractivity contribution in [3.8, 4) is 0 Å². The zero-order chi connectivity index (χ0) is 10.1. The first-order valence-electron chi connectivity index (χ1n) is 3.99. The molecule has 1 aliphatic rings. The Labute approximate surface area is 73.9 Å². The van der Waals surface area contributed by atoms with Gasteiger partial charge in [-0.3, -0.25) is 4.79 Å². The Kier molecular flexibility index (Phi) is 2.80. The summed E-state index contributed by atoms with van der Waals surface area (Å²) in [5.41, 5.74) is 0. The number of hydrogen-bond donors (Lipinski definition) is 1. The van der Waals surface area contributed by atoms with Crippen LogP contribution in [0.15, 0.2) is 0 Å². The zero-order valence-electron chi connectivity index (χ0n) is 7.19. The number of piperazine rings is 1.